The fraction of sp³-hybridized carbons (Fsp3) is 0.154. The molecule has 2 N–H and O–H groups in total. The van der Waals surface area contributed by atoms with Gasteiger partial charge in [-0.05, 0) is 36.2 Å². The van der Waals surface area contributed by atoms with Gasteiger partial charge in [0.2, 0.25) is 0 Å². The lowest BCUT2D eigenvalue weighted by atomic mass is 9.99. The molecule has 0 saturated heterocycles. The van der Waals surface area contributed by atoms with Crippen molar-refractivity contribution in [3.63, 3.8) is 0 Å². The third-order valence-electron chi connectivity index (χ3n) is 2.75. The van der Waals surface area contributed by atoms with Crippen LogP contribution in [0.2, 0.25) is 0 Å². The molecule has 0 atom stereocenters. The predicted molar refractivity (Wildman–Crippen MR) is 62.0 cm³/mol. The molecule has 0 aliphatic carbocycles. The average molecular weight is 216 g/mol. The first-order valence-corrected chi connectivity index (χ1v) is 4.97. The largest absolute Gasteiger partial charge is 0.507 e. The van der Waals surface area contributed by atoms with Crippen LogP contribution in [0.5, 0.6) is 5.75 Å². The van der Waals surface area contributed by atoms with Gasteiger partial charge in [-0.15, -0.1) is 0 Å². The van der Waals surface area contributed by atoms with Crippen LogP contribution >= 0.6 is 0 Å². The topological polar surface area (TPSA) is 57.5 Å². The second-order valence-electron chi connectivity index (χ2n) is 3.93. The molecule has 3 heteroatoms. The number of rotatable bonds is 1. The number of fused-ring (bicyclic) bond motifs is 1. The molecule has 0 aliphatic heterocycles. The summed E-state index contributed by atoms with van der Waals surface area (Å²) in [4.78, 5) is 10.9. The molecule has 0 unspecified atom stereocenters. The third-order valence-corrected chi connectivity index (χ3v) is 2.75. The fourth-order valence-electron chi connectivity index (χ4n) is 1.86. The van der Waals surface area contributed by atoms with Crippen LogP contribution in [0.4, 0.5) is 0 Å². The second-order valence-corrected chi connectivity index (χ2v) is 3.93. The van der Waals surface area contributed by atoms with Crippen LogP contribution in [0.15, 0.2) is 24.3 Å². The van der Waals surface area contributed by atoms with E-state index in [1.807, 2.05) is 25.1 Å². The Labute approximate surface area is 93.0 Å². The molecule has 3 nitrogen and oxygen atoms in total. The highest BCUT2D eigenvalue weighted by Crippen LogP contribution is 2.31. The summed E-state index contributed by atoms with van der Waals surface area (Å²) in [5, 5.41) is 20.4. The molecule has 0 fully saturated rings. The summed E-state index contributed by atoms with van der Waals surface area (Å²) in [6.07, 6.45) is 0. The van der Waals surface area contributed by atoms with Crippen LogP contribution in [0.3, 0.4) is 0 Å². The van der Waals surface area contributed by atoms with Crippen LogP contribution in [-0.4, -0.2) is 16.2 Å². The molecule has 0 bridgehead atoms. The predicted octanol–water partition coefficient (Wildman–Crippen LogP) is 2.86. The van der Waals surface area contributed by atoms with Crippen LogP contribution < -0.4 is 0 Å². The van der Waals surface area contributed by atoms with E-state index in [9.17, 15) is 9.90 Å². The summed E-state index contributed by atoms with van der Waals surface area (Å²) in [6.45, 7) is 3.67. The summed E-state index contributed by atoms with van der Waals surface area (Å²) >= 11 is 0. The summed E-state index contributed by atoms with van der Waals surface area (Å²) in [6, 6.07) is 7.25. The molecule has 2 aromatic carbocycles. The van der Waals surface area contributed by atoms with Gasteiger partial charge in [0.05, 0.1) is 0 Å². The van der Waals surface area contributed by atoms with E-state index >= 15 is 0 Å². The van der Waals surface area contributed by atoms with Gasteiger partial charge in [0.1, 0.15) is 11.3 Å². The van der Waals surface area contributed by atoms with Crippen LogP contribution in [0.25, 0.3) is 10.8 Å². The van der Waals surface area contributed by atoms with E-state index in [4.69, 9.17) is 5.11 Å². The van der Waals surface area contributed by atoms with Crippen molar-refractivity contribution in [2.75, 3.05) is 0 Å². The molecule has 0 amide bonds. The lowest BCUT2D eigenvalue weighted by Gasteiger charge is -2.08. The van der Waals surface area contributed by atoms with E-state index in [2.05, 4.69) is 0 Å². The Morgan fingerprint density at radius 2 is 1.88 bits per heavy atom. The molecule has 82 valence electrons. The van der Waals surface area contributed by atoms with Crippen molar-refractivity contribution in [2.45, 2.75) is 13.8 Å². The molecular formula is C13H12O3. The first kappa shape index (κ1) is 10.5. The average Bonchev–Trinajstić information content (AvgIpc) is 2.22. The van der Waals surface area contributed by atoms with E-state index in [0.29, 0.717) is 5.56 Å². The Morgan fingerprint density at radius 3 is 2.50 bits per heavy atom. The van der Waals surface area contributed by atoms with Crippen LogP contribution in [-0.2, 0) is 0 Å². The minimum Gasteiger partial charge on any atom is -0.507 e. The van der Waals surface area contributed by atoms with Crippen molar-refractivity contribution >= 4 is 16.7 Å². The monoisotopic (exact) mass is 216 g/mol. The number of carboxylic acids is 1. The standard InChI is InChI=1S/C13H12O3/c1-7-3-4-10-8(2)12(14)11(13(15)16)6-9(10)5-7/h3-6,14H,1-2H3,(H,15,16). The zero-order valence-corrected chi connectivity index (χ0v) is 9.11. The Balaban J connectivity index is 2.88. The first-order chi connectivity index (χ1) is 7.50. The van der Waals surface area contributed by atoms with Gasteiger partial charge in [0.25, 0.3) is 0 Å². The van der Waals surface area contributed by atoms with Gasteiger partial charge in [0.15, 0.2) is 0 Å². The Kier molecular flexibility index (Phi) is 2.31. The zero-order valence-electron chi connectivity index (χ0n) is 9.11. The number of aromatic hydroxyl groups is 1. The number of aryl methyl sites for hydroxylation is 2. The summed E-state index contributed by atoms with van der Waals surface area (Å²) in [5.41, 5.74) is 1.62. The van der Waals surface area contributed by atoms with Crippen molar-refractivity contribution in [1.29, 1.82) is 0 Å². The Morgan fingerprint density at radius 1 is 1.19 bits per heavy atom. The highest BCUT2D eigenvalue weighted by molar-refractivity contribution is 5.99. The minimum absolute atomic E-state index is 0.0457. The van der Waals surface area contributed by atoms with Crippen LogP contribution in [0, 0.1) is 13.8 Å². The lowest BCUT2D eigenvalue weighted by Crippen LogP contribution is -1.98. The van der Waals surface area contributed by atoms with Gasteiger partial charge < -0.3 is 10.2 Å². The molecule has 16 heavy (non-hydrogen) atoms. The van der Waals surface area contributed by atoms with E-state index in [-0.39, 0.29) is 11.3 Å². The zero-order chi connectivity index (χ0) is 11.9. The van der Waals surface area contributed by atoms with Crippen molar-refractivity contribution in [3.05, 3.63) is 41.0 Å². The SMILES string of the molecule is Cc1ccc2c(C)c(O)c(C(=O)O)cc2c1. The highest BCUT2D eigenvalue weighted by Gasteiger charge is 2.14. The number of phenols is 1. The molecule has 0 saturated carbocycles. The van der Waals surface area contributed by atoms with E-state index in [1.165, 1.54) is 6.07 Å². The van der Waals surface area contributed by atoms with E-state index in [0.717, 1.165) is 16.3 Å². The number of hydrogen-bond acceptors (Lipinski definition) is 2. The highest BCUT2D eigenvalue weighted by atomic mass is 16.4. The van der Waals surface area contributed by atoms with Gasteiger partial charge in [-0.2, -0.15) is 0 Å². The van der Waals surface area contributed by atoms with Crippen molar-refractivity contribution in [2.24, 2.45) is 0 Å². The van der Waals surface area contributed by atoms with Crippen molar-refractivity contribution < 1.29 is 15.0 Å². The number of carboxylic acid groups (broad SMARTS) is 1. The number of carbonyl (C=O) groups is 1. The molecule has 2 aromatic rings. The fourth-order valence-corrected chi connectivity index (χ4v) is 1.86. The van der Waals surface area contributed by atoms with E-state index < -0.39 is 5.97 Å². The van der Waals surface area contributed by atoms with Gasteiger partial charge >= 0.3 is 5.97 Å². The van der Waals surface area contributed by atoms with Gasteiger partial charge in [-0.3, -0.25) is 0 Å². The maximum absolute atomic E-state index is 10.9. The third kappa shape index (κ3) is 1.50. The normalized spacial score (nSPS) is 10.6. The number of aromatic carboxylic acids is 1. The first-order valence-electron chi connectivity index (χ1n) is 4.97. The smallest absolute Gasteiger partial charge is 0.339 e. The summed E-state index contributed by atoms with van der Waals surface area (Å²) < 4.78 is 0. The lowest BCUT2D eigenvalue weighted by molar-refractivity contribution is 0.0694. The second kappa shape index (κ2) is 3.52. The quantitative estimate of drug-likeness (QED) is 0.770. The molecule has 0 heterocycles. The number of hydrogen-bond donors (Lipinski definition) is 2. The van der Waals surface area contributed by atoms with Crippen molar-refractivity contribution in [3.8, 4) is 5.75 Å². The summed E-state index contributed by atoms with van der Waals surface area (Å²) in [7, 11) is 0. The molecule has 0 radical (unpaired) electrons. The van der Waals surface area contributed by atoms with Crippen molar-refractivity contribution in [1.82, 2.24) is 0 Å². The summed E-state index contributed by atoms with van der Waals surface area (Å²) in [5.74, 6) is -1.26. The van der Waals surface area contributed by atoms with Gasteiger partial charge in [-0.1, -0.05) is 23.8 Å². The van der Waals surface area contributed by atoms with Gasteiger partial charge in [-0.25, -0.2) is 4.79 Å². The molecule has 0 aliphatic rings. The van der Waals surface area contributed by atoms with E-state index in [1.54, 1.807) is 6.92 Å². The Hall–Kier alpha value is -2.03. The maximum Gasteiger partial charge on any atom is 0.339 e. The maximum atomic E-state index is 10.9. The molecular weight excluding hydrogens is 204 g/mol. The number of benzene rings is 2. The van der Waals surface area contributed by atoms with Gasteiger partial charge in [0, 0.05) is 0 Å². The molecule has 2 rings (SSSR count). The molecule has 0 aromatic heterocycles. The van der Waals surface area contributed by atoms with Crippen LogP contribution in [0.1, 0.15) is 21.5 Å². The minimum atomic E-state index is -1.11. The Bertz CT molecular complexity index is 585. The molecule has 0 spiro atoms.